The molecular formula is C15H14N2O. The van der Waals surface area contributed by atoms with Crippen molar-refractivity contribution >= 4 is 11.0 Å². The van der Waals surface area contributed by atoms with Crippen LogP contribution in [-0.2, 0) is 6.42 Å². The molecule has 0 saturated heterocycles. The molecule has 3 heteroatoms. The highest BCUT2D eigenvalue weighted by Crippen LogP contribution is 2.23. The molecule has 0 aliphatic rings. The third kappa shape index (κ3) is 1.89. The first kappa shape index (κ1) is 11.0. The number of nitrogens with zero attached hydrogens (tertiary/aromatic N) is 1. The highest BCUT2D eigenvalue weighted by atomic mass is 16.2. The van der Waals surface area contributed by atoms with Crippen LogP contribution in [0, 0.1) is 0 Å². The van der Waals surface area contributed by atoms with Crippen LogP contribution in [0.5, 0.6) is 0 Å². The minimum atomic E-state index is 0.150. The second-order valence-electron chi connectivity index (χ2n) is 4.23. The lowest BCUT2D eigenvalue weighted by Crippen LogP contribution is -1.94. The van der Waals surface area contributed by atoms with E-state index in [0.717, 1.165) is 28.0 Å². The van der Waals surface area contributed by atoms with E-state index in [-0.39, 0.29) is 6.61 Å². The lowest BCUT2D eigenvalue weighted by molar-refractivity contribution is 0.300. The number of imidazole rings is 1. The van der Waals surface area contributed by atoms with Crippen molar-refractivity contribution in [1.82, 2.24) is 9.97 Å². The van der Waals surface area contributed by atoms with Gasteiger partial charge in [-0.3, -0.25) is 0 Å². The van der Waals surface area contributed by atoms with Crippen LogP contribution in [0.2, 0.25) is 0 Å². The van der Waals surface area contributed by atoms with Crippen LogP contribution in [0.1, 0.15) is 5.56 Å². The van der Waals surface area contributed by atoms with E-state index in [2.05, 4.69) is 9.97 Å². The SMILES string of the molecule is OCCc1ccccc1-c1nc2ccccc2[nH]1. The molecule has 18 heavy (non-hydrogen) atoms. The molecule has 0 aliphatic heterocycles. The van der Waals surface area contributed by atoms with Crippen molar-refractivity contribution in [2.24, 2.45) is 0 Å². The summed E-state index contributed by atoms with van der Waals surface area (Å²) in [6.45, 7) is 0.150. The Balaban J connectivity index is 2.13. The van der Waals surface area contributed by atoms with E-state index in [1.54, 1.807) is 0 Å². The highest BCUT2D eigenvalue weighted by molar-refractivity contribution is 5.79. The molecule has 0 amide bonds. The average Bonchev–Trinajstić information content (AvgIpc) is 2.83. The Morgan fingerprint density at radius 3 is 2.61 bits per heavy atom. The molecule has 0 fully saturated rings. The minimum absolute atomic E-state index is 0.150. The zero-order valence-corrected chi connectivity index (χ0v) is 9.93. The number of aliphatic hydroxyl groups excluding tert-OH is 1. The molecule has 1 heterocycles. The predicted molar refractivity (Wildman–Crippen MR) is 72.3 cm³/mol. The van der Waals surface area contributed by atoms with E-state index >= 15 is 0 Å². The summed E-state index contributed by atoms with van der Waals surface area (Å²) in [5, 5.41) is 9.10. The highest BCUT2D eigenvalue weighted by Gasteiger charge is 2.08. The summed E-state index contributed by atoms with van der Waals surface area (Å²) in [5.74, 6) is 0.861. The van der Waals surface area contributed by atoms with E-state index in [4.69, 9.17) is 5.11 Å². The van der Waals surface area contributed by atoms with Gasteiger partial charge < -0.3 is 10.1 Å². The largest absolute Gasteiger partial charge is 0.396 e. The number of rotatable bonds is 3. The first-order valence-corrected chi connectivity index (χ1v) is 6.02. The molecule has 1 aromatic heterocycles. The monoisotopic (exact) mass is 238 g/mol. The number of fused-ring (bicyclic) bond motifs is 1. The summed E-state index contributed by atoms with van der Waals surface area (Å²) in [6, 6.07) is 16.0. The second kappa shape index (κ2) is 4.63. The Labute approximate surface area is 105 Å². The topological polar surface area (TPSA) is 48.9 Å². The number of aromatic nitrogens is 2. The van der Waals surface area contributed by atoms with Crippen LogP contribution < -0.4 is 0 Å². The second-order valence-corrected chi connectivity index (χ2v) is 4.23. The van der Waals surface area contributed by atoms with Crippen molar-refractivity contribution in [3.05, 3.63) is 54.1 Å². The smallest absolute Gasteiger partial charge is 0.138 e. The van der Waals surface area contributed by atoms with Crippen LogP contribution in [0.15, 0.2) is 48.5 Å². The number of para-hydroxylation sites is 2. The number of aromatic amines is 1. The fraction of sp³-hybridized carbons (Fsp3) is 0.133. The van der Waals surface area contributed by atoms with Crippen molar-refractivity contribution < 1.29 is 5.11 Å². The number of hydrogen-bond donors (Lipinski definition) is 2. The van der Waals surface area contributed by atoms with Crippen molar-refractivity contribution in [1.29, 1.82) is 0 Å². The summed E-state index contributed by atoms with van der Waals surface area (Å²) in [6.07, 6.45) is 0.646. The van der Waals surface area contributed by atoms with Gasteiger partial charge in [0.15, 0.2) is 0 Å². The van der Waals surface area contributed by atoms with Gasteiger partial charge in [0.2, 0.25) is 0 Å². The summed E-state index contributed by atoms with van der Waals surface area (Å²) in [5.41, 5.74) is 4.17. The maximum atomic E-state index is 9.10. The Kier molecular flexibility index (Phi) is 2.82. The number of benzene rings is 2. The molecule has 3 nitrogen and oxygen atoms in total. The molecule has 0 saturated carbocycles. The van der Waals surface area contributed by atoms with Crippen LogP contribution in [0.25, 0.3) is 22.4 Å². The third-order valence-electron chi connectivity index (χ3n) is 3.04. The molecule has 0 aliphatic carbocycles. The quantitative estimate of drug-likeness (QED) is 0.737. The van der Waals surface area contributed by atoms with Gasteiger partial charge in [-0.25, -0.2) is 4.98 Å². The molecular weight excluding hydrogens is 224 g/mol. The number of H-pyrrole nitrogens is 1. The number of nitrogens with one attached hydrogen (secondary N) is 1. The zero-order valence-electron chi connectivity index (χ0n) is 9.93. The molecule has 0 spiro atoms. The van der Waals surface area contributed by atoms with E-state index in [1.807, 2.05) is 48.5 Å². The van der Waals surface area contributed by atoms with E-state index < -0.39 is 0 Å². The summed E-state index contributed by atoms with van der Waals surface area (Å²) < 4.78 is 0. The van der Waals surface area contributed by atoms with Crippen LogP contribution in [0.4, 0.5) is 0 Å². The van der Waals surface area contributed by atoms with Gasteiger partial charge in [-0.05, 0) is 24.1 Å². The van der Waals surface area contributed by atoms with Gasteiger partial charge in [0.25, 0.3) is 0 Å². The van der Waals surface area contributed by atoms with Crippen LogP contribution in [-0.4, -0.2) is 21.7 Å². The minimum Gasteiger partial charge on any atom is -0.396 e. The third-order valence-corrected chi connectivity index (χ3v) is 3.04. The number of aliphatic hydroxyl groups is 1. The Hall–Kier alpha value is -2.13. The van der Waals surface area contributed by atoms with Crippen molar-refractivity contribution in [3.8, 4) is 11.4 Å². The first-order chi connectivity index (χ1) is 8.88. The van der Waals surface area contributed by atoms with E-state index in [9.17, 15) is 0 Å². The predicted octanol–water partition coefficient (Wildman–Crippen LogP) is 2.76. The molecule has 0 atom stereocenters. The average molecular weight is 238 g/mol. The summed E-state index contributed by atoms with van der Waals surface area (Å²) >= 11 is 0. The fourth-order valence-electron chi connectivity index (χ4n) is 2.17. The first-order valence-electron chi connectivity index (χ1n) is 6.02. The van der Waals surface area contributed by atoms with Crippen molar-refractivity contribution in [2.45, 2.75) is 6.42 Å². The summed E-state index contributed by atoms with van der Waals surface area (Å²) in [7, 11) is 0. The van der Waals surface area contributed by atoms with E-state index in [1.165, 1.54) is 0 Å². The van der Waals surface area contributed by atoms with Crippen molar-refractivity contribution in [2.75, 3.05) is 6.61 Å². The Morgan fingerprint density at radius 2 is 1.78 bits per heavy atom. The number of hydrogen-bond acceptors (Lipinski definition) is 2. The lowest BCUT2D eigenvalue weighted by atomic mass is 10.0. The molecule has 0 radical (unpaired) electrons. The summed E-state index contributed by atoms with van der Waals surface area (Å²) in [4.78, 5) is 7.91. The van der Waals surface area contributed by atoms with Gasteiger partial charge >= 0.3 is 0 Å². The van der Waals surface area contributed by atoms with Gasteiger partial charge in [-0.2, -0.15) is 0 Å². The van der Waals surface area contributed by atoms with Crippen LogP contribution >= 0.6 is 0 Å². The molecule has 3 rings (SSSR count). The molecule has 2 N–H and O–H groups in total. The molecule has 2 aromatic carbocycles. The Bertz CT molecular complexity index is 640. The maximum Gasteiger partial charge on any atom is 0.138 e. The maximum absolute atomic E-state index is 9.10. The van der Waals surface area contributed by atoms with Gasteiger partial charge in [0.05, 0.1) is 11.0 Å². The lowest BCUT2D eigenvalue weighted by Gasteiger charge is -2.04. The molecule has 0 unspecified atom stereocenters. The van der Waals surface area contributed by atoms with Crippen molar-refractivity contribution in [3.63, 3.8) is 0 Å². The van der Waals surface area contributed by atoms with Crippen LogP contribution in [0.3, 0.4) is 0 Å². The van der Waals surface area contributed by atoms with E-state index in [0.29, 0.717) is 6.42 Å². The molecule has 0 bridgehead atoms. The van der Waals surface area contributed by atoms with Gasteiger partial charge in [0, 0.05) is 12.2 Å². The molecule has 3 aromatic rings. The molecule has 90 valence electrons. The van der Waals surface area contributed by atoms with Gasteiger partial charge in [-0.1, -0.05) is 36.4 Å². The fourth-order valence-corrected chi connectivity index (χ4v) is 2.17. The van der Waals surface area contributed by atoms with Gasteiger partial charge in [0.1, 0.15) is 5.82 Å². The normalized spacial score (nSPS) is 10.9. The van der Waals surface area contributed by atoms with Gasteiger partial charge in [-0.15, -0.1) is 0 Å². The standard InChI is InChI=1S/C15H14N2O/c18-10-9-11-5-1-2-6-12(11)15-16-13-7-3-4-8-14(13)17-15/h1-8,18H,9-10H2,(H,16,17). The zero-order chi connectivity index (χ0) is 12.4. The Morgan fingerprint density at radius 1 is 1.00 bits per heavy atom.